The largest absolute Gasteiger partial charge is 0.493 e. The van der Waals surface area contributed by atoms with Crippen LogP contribution >= 0.6 is 15.9 Å². The van der Waals surface area contributed by atoms with Crippen LogP contribution in [0.3, 0.4) is 0 Å². The van der Waals surface area contributed by atoms with E-state index < -0.39 is 10.8 Å². The summed E-state index contributed by atoms with van der Waals surface area (Å²) in [5.41, 5.74) is 0.325. The molecule has 0 fully saturated rings. The van der Waals surface area contributed by atoms with Gasteiger partial charge in [0.1, 0.15) is 11.4 Å². The smallest absolute Gasteiger partial charge is 0.296 e. The molecule has 6 nitrogen and oxygen atoms in total. The van der Waals surface area contributed by atoms with E-state index >= 15 is 0 Å². The third-order valence-corrected chi connectivity index (χ3v) is 3.47. The molecule has 0 saturated heterocycles. The number of anilines is 1. The number of nitrogens with zero attached hydrogens (tertiary/aromatic N) is 1. The first-order valence-electron chi connectivity index (χ1n) is 6.99. The summed E-state index contributed by atoms with van der Waals surface area (Å²) in [4.78, 5) is 22.9. The van der Waals surface area contributed by atoms with Crippen molar-refractivity contribution in [1.82, 2.24) is 0 Å². The van der Waals surface area contributed by atoms with Crippen molar-refractivity contribution in [3.05, 3.63) is 62.6 Å². The van der Waals surface area contributed by atoms with E-state index in [1.165, 1.54) is 12.1 Å². The van der Waals surface area contributed by atoms with Gasteiger partial charge in [-0.05, 0) is 36.8 Å². The van der Waals surface area contributed by atoms with Crippen LogP contribution in [0.1, 0.15) is 23.7 Å². The van der Waals surface area contributed by atoms with Crippen molar-refractivity contribution in [3.63, 3.8) is 0 Å². The highest BCUT2D eigenvalue weighted by molar-refractivity contribution is 9.10. The number of nitro groups is 1. The van der Waals surface area contributed by atoms with Gasteiger partial charge in [0.25, 0.3) is 11.6 Å². The number of ether oxygens (including phenoxy) is 1. The molecular formula is C16H15BrN2O4. The maximum atomic E-state index is 12.2. The molecule has 0 bridgehead atoms. The highest BCUT2D eigenvalue weighted by Gasteiger charge is 2.18. The number of halogens is 1. The monoisotopic (exact) mass is 378 g/mol. The van der Waals surface area contributed by atoms with Crippen LogP contribution in [-0.4, -0.2) is 17.4 Å². The van der Waals surface area contributed by atoms with Gasteiger partial charge < -0.3 is 10.1 Å². The molecule has 2 rings (SSSR count). The fourth-order valence-corrected chi connectivity index (χ4v) is 2.30. The summed E-state index contributed by atoms with van der Waals surface area (Å²) < 4.78 is 6.14. The molecule has 120 valence electrons. The van der Waals surface area contributed by atoms with Crippen molar-refractivity contribution in [2.24, 2.45) is 0 Å². The number of nitro benzene ring substituents is 1. The molecule has 0 aliphatic carbocycles. The first kappa shape index (κ1) is 17.0. The third-order valence-electron chi connectivity index (χ3n) is 2.97. The predicted molar refractivity (Wildman–Crippen MR) is 91.0 cm³/mol. The van der Waals surface area contributed by atoms with Crippen LogP contribution < -0.4 is 10.1 Å². The Balaban J connectivity index is 2.24. The van der Waals surface area contributed by atoms with Gasteiger partial charge >= 0.3 is 0 Å². The second-order valence-electron chi connectivity index (χ2n) is 4.75. The molecule has 1 amide bonds. The van der Waals surface area contributed by atoms with Crippen molar-refractivity contribution >= 4 is 33.2 Å². The maximum absolute atomic E-state index is 12.2. The molecule has 0 aliphatic rings. The Morgan fingerprint density at radius 3 is 2.74 bits per heavy atom. The number of amides is 1. The normalized spacial score (nSPS) is 10.2. The quantitative estimate of drug-likeness (QED) is 0.596. The predicted octanol–water partition coefficient (Wildman–Crippen LogP) is 4.40. The van der Waals surface area contributed by atoms with Gasteiger partial charge in [-0.3, -0.25) is 14.9 Å². The highest BCUT2D eigenvalue weighted by Crippen LogP contribution is 2.29. The zero-order valence-electron chi connectivity index (χ0n) is 12.4. The lowest BCUT2D eigenvalue weighted by molar-refractivity contribution is -0.384. The summed E-state index contributed by atoms with van der Waals surface area (Å²) >= 11 is 3.28. The van der Waals surface area contributed by atoms with E-state index in [1.54, 1.807) is 30.3 Å². The van der Waals surface area contributed by atoms with E-state index in [2.05, 4.69) is 21.2 Å². The van der Waals surface area contributed by atoms with Gasteiger partial charge in [-0.15, -0.1) is 0 Å². The standard InChI is InChI=1S/C16H15BrN2O4/c1-2-8-23-13-6-7-14(15(10-13)19(21)22)18-16(20)11-4-3-5-12(17)9-11/h3-7,9-10H,2,8H2,1H3,(H,18,20). The fraction of sp³-hybridized carbons (Fsp3) is 0.188. The van der Waals surface area contributed by atoms with Crippen LogP contribution in [0.2, 0.25) is 0 Å². The van der Waals surface area contributed by atoms with Gasteiger partial charge in [-0.2, -0.15) is 0 Å². The van der Waals surface area contributed by atoms with Gasteiger partial charge in [-0.25, -0.2) is 0 Å². The summed E-state index contributed by atoms with van der Waals surface area (Å²) in [6.45, 7) is 2.42. The van der Waals surface area contributed by atoms with Crippen LogP contribution in [0.15, 0.2) is 46.9 Å². The number of carbonyl (C=O) groups excluding carboxylic acids is 1. The third kappa shape index (κ3) is 4.53. The SMILES string of the molecule is CCCOc1ccc(NC(=O)c2cccc(Br)c2)c([N+](=O)[O-])c1. The molecule has 0 aromatic heterocycles. The Morgan fingerprint density at radius 2 is 2.09 bits per heavy atom. The van der Waals surface area contributed by atoms with Crippen molar-refractivity contribution in [1.29, 1.82) is 0 Å². The van der Waals surface area contributed by atoms with E-state index in [1.807, 2.05) is 6.92 Å². The van der Waals surface area contributed by atoms with E-state index in [0.29, 0.717) is 17.9 Å². The van der Waals surface area contributed by atoms with E-state index in [4.69, 9.17) is 4.74 Å². The lowest BCUT2D eigenvalue weighted by Crippen LogP contribution is -2.13. The van der Waals surface area contributed by atoms with Gasteiger partial charge in [0.05, 0.1) is 17.6 Å². The molecule has 0 aliphatic heterocycles. The molecule has 2 aromatic rings. The van der Waals surface area contributed by atoms with Crippen molar-refractivity contribution in [2.45, 2.75) is 13.3 Å². The lowest BCUT2D eigenvalue weighted by atomic mass is 10.2. The maximum Gasteiger partial charge on any atom is 0.296 e. The average Bonchev–Trinajstić information content (AvgIpc) is 2.53. The van der Waals surface area contributed by atoms with Crippen molar-refractivity contribution in [3.8, 4) is 5.75 Å². The van der Waals surface area contributed by atoms with Gasteiger partial charge in [-0.1, -0.05) is 28.9 Å². The molecule has 0 heterocycles. The minimum absolute atomic E-state index is 0.129. The molecule has 0 radical (unpaired) electrons. The average molecular weight is 379 g/mol. The molecule has 23 heavy (non-hydrogen) atoms. The first-order chi connectivity index (χ1) is 11.0. The summed E-state index contributed by atoms with van der Waals surface area (Å²) in [5, 5.41) is 13.8. The zero-order valence-corrected chi connectivity index (χ0v) is 14.0. The highest BCUT2D eigenvalue weighted by atomic mass is 79.9. The van der Waals surface area contributed by atoms with E-state index in [9.17, 15) is 14.9 Å². The Labute approximate surface area is 141 Å². The summed E-state index contributed by atoms with van der Waals surface area (Å²) in [6, 6.07) is 11.2. The van der Waals surface area contributed by atoms with Crippen molar-refractivity contribution in [2.75, 3.05) is 11.9 Å². The topological polar surface area (TPSA) is 81.5 Å². The number of benzene rings is 2. The number of hydrogen-bond acceptors (Lipinski definition) is 4. The molecular weight excluding hydrogens is 364 g/mol. The molecule has 0 atom stereocenters. The Bertz CT molecular complexity index is 734. The molecule has 0 spiro atoms. The Morgan fingerprint density at radius 1 is 1.30 bits per heavy atom. The van der Waals surface area contributed by atoms with Crippen LogP contribution in [0, 0.1) is 10.1 Å². The summed E-state index contributed by atoms with van der Waals surface area (Å²) in [7, 11) is 0. The van der Waals surface area contributed by atoms with Crippen LogP contribution in [-0.2, 0) is 0 Å². The molecule has 2 aromatic carbocycles. The van der Waals surface area contributed by atoms with Crippen molar-refractivity contribution < 1.29 is 14.5 Å². The van der Waals surface area contributed by atoms with Gasteiger partial charge in [0.15, 0.2) is 0 Å². The number of hydrogen-bond donors (Lipinski definition) is 1. The summed E-state index contributed by atoms with van der Waals surface area (Å²) in [6.07, 6.45) is 0.801. The lowest BCUT2D eigenvalue weighted by Gasteiger charge is -2.09. The number of carbonyl (C=O) groups is 1. The minimum atomic E-state index is -0.546. The van der Waals surface area contributed by atoms with Gasteiger partial charge in [0, 0.05) is 10.0 Å². The zero-order chi connectivity index (χ0) is 16.8. The number of rotatable bonds is 6. The first-order valence-corrected chi connectivity index (χ1v) is 7.78. The van der Waals surface area contributed by atoms with E-state index in [0.717, 1.165) is 10.9 Å². The Hall–Kier alpha value is -2.41. The molecule has 0 unspecified atom stereocenters. The minimum Gasteiger partial charge on any atom is -0.493 e. The molecule has 1 N–H and O–H groups in total. The summed E-state index contributed by atoms with van der Waals surface area (Å²) in [5.74, 6) is -0.0179. The fourth-order valence-electron chi connectivity index (χ4n) is 1.90. The number of nitrogens with one attached hydrogen (secondary N) is 1. The van der Waals surface area contributed by atoms with Gasteiger partial charge in [0.2, 0.25) is 0 Å². The second-order valence-corrected chi connectivity index (χ2v) is 5.66. The molecule has 0 saturated carbocycles. The van der Waals surface area contributed by atoms with Crippen LogP contribution in [0.4, 0.5) is 11.4 Å². The van der Waals surface area contributed by atoms with Crippen LogP contribution in [0.25, 0.3) is 0 Å². The van der Waals surface area contributed by atoms with Crippen LogP contribution in [0.5, 0.6) is 5.75 Å². The second kappa shape index (κ2) is 7.73. The van der Waals surface area contributed by atoms with E-state index in [-0.39, 0.29) is 11.4 Å². The Kier molecular flexibility index (Phi) is 5.70. The molecule has 7 heteroatoms.